The fourth-order valence-corrected chi connectivity index (χ4v) is 2.18. The van der Waals surface area contributed by atoms with E-state index < -0.39 is 0 Å². The molecular weight excluding hydrogens is 160 g/mol. The van der Waals surface area contributed by atoms with E-state index in [1.54, 1.807) is 12.1 Å². The monoisotopic (exact) mass is 175 g/mol. The minimum Gasteiger partial charge on any atom is -0.290 e. The van der Waals surface area contributed by atoms with Crippen molar-refractivity contribution in [2.45, 2.75) is 38.0 Å². The molecule has 1 radical (unpaired) electrons. The first-order valence-corrected chi connectivity index (χ1v) is 5.13. The van der Waals surface area contributed by atoms with Crippen LogP contribution in [0.25, 0.3) is 0 Å². The quantitative estimate of drug-likeness (QED) is 0.617. The maximum absolute atomic E-state index is 10.9. The highest BCUT2D eigenvalue weighted by atomic mass is 16.3. The summed E-state index contributed by atoms with van der Waals surface area (Å²) in [7, 11) is 0. The Morgan fingerprint density at radius 2 is 1.54 bits per heavy atom. The first kappa shape index (κ1) is 8.61. The van der Waals surface area contributed by atoms with Gasteiger partial charge in [0.05, 0.1) is 0 Å². The summed E-state index contributed by atoms with van der Waals surface area (Å²) in [6.45, 7) is 0. The zero-order chi connectivity index (χ0) is 9.10. The Hall–Kier alpha value is -0.980. The smallest absolute Gasteiger partial charge is 0.178 e. The third-order valence-electron chi connectivity index (χ3n) is 2.96. The molecule has 1 heteroatoms. The molecule has 0 heterocycles. The molecular formula is C12H15O. The number of rotatable bonds is 1. The predicted molar refractivity (Wildman–Crippen MR) is 52.4 cm³/mol. The molecule has 2 rings (SSSR count). The van der Waals surface area contributed by atoms with Gasteiger partial charge in [-0.15, -0.1) is 0 Å². The number of hydrogen-bond acceptors (Lipinski definition) is 0. The second-order valence-corrected chi connectivity index (χ2v) is 3.90. The summed E-state index contributed by atoms with van der Waals surface area (Å²) in [6.07, 6.45) is 6.69. The molecule has 1 aromatic rings. The lowest BCUT2D eigenvalue weighted by atomic mass is 9.84. The SMILES string of the molecule is [O]c1ccc(C2CCCCC2)cc1. The third-order valence-corrected chi connectivity index (χ3v) is 2.96. The second-order valence-electron chi connectivity index (χ2n) is 3.90. The van der Waals surface area contributed by atoms with Gasteiger partial charge in [0.25, 0.3) is 0 Å². The van der Waals surface area contributed by atoms with Crippen molar-refractivity contribution < 1.29 is 5.11 Å². The largest absolute Gasteiger partial charge is 0.290 e. The van der Waals surface area contributed by atoms with Crippen LogP contribution < -0.4 is 0 Å². The highest BCUT2D eigenvalue weighted by Gasteiger charge is 2.14. The van der Waals surface area contributed by atoms with Crippen LogP contribution in [0.3, 0.4) is 0 Å². The van der Waals surface area contributed by atoms with E-state index in [-0.39, 0.29) is 5.75 Å². The van der Waals surface area contributed by atoms with E-state index in [0.29, 0.717) is 5.92 Å². The zero-order valence-electron chi connectivity index (χ0n) is 7.83. The second kappa shape index (κ2) is 3.82. The van der Waals surface area contributed by atoms with Crippen molar-refractivity contribution in [3.05, 3.63) is 29.8 Å². The van der Waals surface area contributed by atoms with Gasteiger partial charge < -0.3 is 0 Å². The summed E-state index contributed by atoms with van der Waals surface area (Å²) >= 11 is 0. The molecule has 0 amide bonds. The van der Waals surface area contributed by atoms with Crippen LogP contribution in [0, 0.1) is 0 Å². The predicted octanol–water partition coefficient (Wildman–Crippen LogP) is 3.88. The van der Waals surface area contributed by atoms with E-state index >= 15 is 0 Å². The van der Waals surface area contributed by atoms with Crippen LogP contribution >= 0.6 is 0 Å². The molecule has 1 aliphatic rings. The Kier molecular flexibility index (Phi) is 2.53. The van der Waals surface area contributed by atoms with Gasteiger partial charge in [0.2, 0.25) is 0 Å². The highest BCUT2D eigenvalue weighted by molar-refractivity contribution is 5.28. The van der Waals surface area contributed by atoms with Gasteiger partial charge in [-0.3, -0.25) is 5.11 Å². The molecule has 0 bridgehead atoms. The van der Waals surface area contributed by atoms with E-state index in [0.717, 1.165) is 0 Å². The van der Waals surface area contributed by atoms with Crippen LogP contribution in [-0.2, 0) is 5.11 Å². The van der Waals surface area contributed by atoms with Crippen molar-refractivity contribution in [2.24, 2.45) is 0 Å². The Morgan fingerprint density at radius 3 is 2.15 bits per heavy atom. The van der Waals surface area contributed by atoms with Gasteiger partial charge >= 0.3 is 0 Å². The first-order chi connectivity index (χ1) is 6.36. The summed E-state index contributed by atoms with van der Waals surface area (Å²) < 4.78 is 0. The van der Waals surface area contributed by atoms with Gasteiger partial charge in [-0.1, -0.05) is 31.4 Å². The van der Waals surface area contributed by atoms with Crippen molar-refractivity contribution >= 4 is 0 Å². The molecule has 0 unspecified atom stereocenters. The molecule has 1 aromatic carbocycles. The van der Waals surface area contributed by atoms with Gasteiger partial charge in [-0.05, 0) is 36.5 Å². The number of benzene rings is 1. The Bertz CT molecular complexity index is 257. The standard InChI is InChI=1S/C12H15O/c13-12-8-6-11(7-9-12)10-4-2-1-3-5-10/h6-10H,1-5H2. The summed E-state index contributed by atoms with van der Waals surface area (Å²) in [5.41, 5.74) is 1.36. The molecule has 1 nitrogen and oxygen atoms in total. The third kappa shape index (κ3) is 2.03. The Labute approximate surface area is 79.4 Å². The maximum atomic E-state index is 10.9. The lowest BCUT2D eigenvalue weighted by Gasteiger charge is -2.21. The average molecular weight is 175 g/mol. The van der Waals surface area contributed by atoms with E-state index in [1.165, 1.54) is 37.7 Å². The summed E-state index contributed by atoms with van der Waals surface area (Å²) in [6, 6.07) is 7.37. The van der Waals surface area contributed by atoms with Gasteiger partial charge in [-0.2, -0.15) is 0 Å². The average Bonchev–Trinajstić information content (AvgIpc) is 2.20. The molecule has 0 atom stereocenters. The molecule has 0 aromatic heterocycles. The minimum absolute atomic E-state index is 0.125. The van der Waals surface area contributed by atoms with E-state index in [1.807, 2.05) is 12.1 Å². The minimum atomic E-state index is 0.125. The van der Waals surface area contributed by atoms with Crippen molar-refractivity contribution in [3.63, 3.8) is 0 Å². The van der Waals surface area contributed by atoms with Gasteiger partial charge in [0.15, 0.2) is 5.75 Å². The first-order valence-electron chi connectivity index (χ1n) is 5.13. The zero-order valence-corrected chi connectivity index (χ0v) is 7.83. The summed E-state index contributed by atoms with van der Waals surface area (Å²) in [5.74, 6) is 0.842. The molecule has 13 heavy (non-hydrogen) atoms. The molecule has 1 fully saturated rings. The van der Waals surface area contributed by atoms with Crippen LogP contribution in [0.2, 0.25) is 0 Å². The highest BCUT2D eigenvalue weighted by Crippen LogP contribution is 2.32. The van der Waals surface area contributed by atoms with Crippen LogP contribution in [-0.4, -0.2) is 0 Å². The molecule has 0 spiro atoms. The normalized spacial score (nSPS) is 18.8. The molecule has 0 N–H and O–H groups in total. The van der Waals surface area contributed by atoms with Gasteiger partial charge in [0, 0.05) is 0 Å². The van der Waals surface area contributed by atoms with E-state index in [9.17, 15) is 5.11 Å². The molecule has 0 saturated heterocycles. The van der Waals surface area contributed by atoms with Crippen molar-refractivity contribution in [1.82, 2.24) is 0 Å². The Balaban J connectivity index is 2.10. The van der Waals surface area contributed by atoms with E-state index in [2.05, 4.69) is 0 Å². The molecule has 1 aliphatic carbocycles. The van der Waals surface area contributed by atoms with Crippen molar-refractivity contribution in [1.29, 1.82) is 0 Å². The molecule has 0 aliphatic heterocycles. The molecule has 1 saturated carbocycles. The van der Waals surface area contributed by atoms with E-state index in [4.69, 9.17) is 0 Å². The fourth-order valence-electron chi connectivity index (χ4n) is 2.18. The van der Waals surface area contributed by atoms with Gasteiger partial charge in [0.1, 0.15) is 0 Å². The van der Waals surface area contributed by atoms with Crippen LogP contribution in [0.5, 0.6) is 5.75 Å². The fraction of sp³-hybridized carbons (Fsp3) is 0.500. The van der Waals surface area contributed by atoms with Crippen LogP contribution in [0.1, 0.15) is 43.6 Å². The maximum Gasteiger partial charge on any atom is 0.178 e. The topological polar surface area (TPSA) is 19.9 Å². The summed E-state index contributed by atoms with van der Waals surface area (Å²) in [5, 5.41) is 10.9. The molecule has 69 valence electrons. The van der Waals surface area contributed by atoms with Crippen LogP contribution in [0.4, 0.5) is 0 Å². The Morgan fingerprint density at radius 1 is 0.923 bits per heavy atom. The van der Waals surface area contributed by atoms with Gasteiger partial charge in [-0.25, -0.2) is 0 Å². The van der Waals surface area contributed by atoms with Crippen molar-refractivity contribution in [2.75, 3.05) is 0 Å². The summed E-state index contributed by atoms with van der Waals surface area (Å²) in [4.78, 5) is 0. The van der Waals surface area contributed by atoms with Crippen molar-refractivity contribution in [3.8, 4) is 5.75 Å². The number of hydrogen-bond donors (Lipinski definition) is 0. The lowest BCUT2D eigenvalue weighted by molar-refractivity contribution is 0.354. The van der Waals surface area contributed by atoms with Crippen LogP contribution in [0.15, 0.2) is 24.3 Å². The lowest BCUT2D eigenvalue weighted by Crippen LogP contribution is -2.03.